The Morgan fingerprint density at radius 3 is 3.05 bits per heavy atom. The minimum absolute atomic E-state index is 0.717. The number of aryl methyl sites for hydroxylation is 1. The van der Waals surface area contributed by atoms with Crippen molar-refractivity contribution in [2.24, 2.45) is 5.92 Å². The van der Waals surface area contributed by atoms with Gasteiger partial charge in [-0.1, -0.05) is 38.1 Å². The number of hydrogen-bond acceptors (Lipinski definition) is 2. The molecule has 0 aliphatic carbocycles. The van der Waals surface area contributed by atoms with Crippen molar-refractivity contribution in [2.45, 2.75) is 40.0 Å². The molecular weight excluding hydrogens is 246 g/mol. The lowest BCUT2D eigenvalue weighted by molar-refractivity contribution is 0.287. The third-order valence-electron chi connectivity index (χ3n) is 3.68. The van der Waals surface area contributed by atoms with Crippen LogP contribution in [0.25, 0.3) is 5.57 Å². The number of benzene rings is 1. The summed E-state index contributed by atoms with van der Waals surface area (Å²) in [5.41, 5.74) is 3.96. The highest BCUT2D eigenvalue weighted by atomic mass is 16.5. The summed E-state index contributed by atoms with van der Waals surface area (Å²) in [6.45, 7) is 9.66. The molecule has 1 aromatic carbocycles. The Labute approximate surface area is 123 Å². The van der Waals surface area contributed by atoms with Gasteiger partial charge in [0.2, 0.25) is 0 Å². The first-order valence-corrected chi connectivity index (χ1v) is 7.81. The van der Waals surface area contributed by atoms with Crippen LogP contribution in [-0.4, -0.2) is 19.7 Å². The summed E-state index contributed by atoms with van der Waals surface area (Å²) in [7, 11) is 0. The maximum atomic E-state index is 5.88. The highest BCUT2D eigenvalue weighted by molar-refractivity contribution is 5.70. The number of ether oxygens (including phenoxy) is 1. The van der Waals surface area contributed by atoms with E-state index in [1.165, 1.54) is 16.7 Å². The van der Waals surface area contributed by atoms with Crippen LogP contribution >= 0.6 is 0 Å². The molecular formula is C18H27NO. The fourth-order valence-electron chi connectivity index (χ4n) is 2.59. The number of hydrogen-bond donors (Lipinski definition) is 1. The molecule has 2 nitrogen and oxygen atoms in total. The van der Waals surface area contributed by atoms with Crippen LogP contribution in [0.3, 0.4) is 0 Å². The van der Waals surface area contributed by atoms with Gasteiger partial charge in [-0.25, -0.2) is 0 Å². The molecule has 0 radical (unpaired) electrons. The van der Waals surface area contributed by atoms with Crippen molar-refractivity contribution in [3.63, 3.8) is 0 Å². The standard InChI is InChI=1S/C18H27NO/c1-14(2)13-19-11-5-7-15(3)17-10-4-8-16-9-6-12-20-18(16)17/h4,7-8,10,14,19H,5-6,9,11-13H2,1-3H3/b15-7-. The Morgan fingerprint density at radius 1 is 1.40 bits per heavy atom. The largest absolute Gasteiger partial charge is 0.493 e. The van der Waals surface area contributed by atoms with Gasteiger partial charge < -0.3 is 10.1 Å². The summed E-state index contributed by atoms with van der Waals surface area (Å²) in [5.74, 6) is 1.83. The molecule has 0 atom stereocenters. The van der Waals surface area contributed by atoms with E-state index in [9.17, 15) is 0 Å². The molecule has 0 fully saturated rings. The van der Waals surface area contributed by atoms with Crippen LogP contribution in [0.5, 0.6) is 5.75 Å². The zero-order valence-corrected chi connectivity index (χ0v) is 13.0. The summed E-state index contributed by atoms with van der Waals surface area (Å²) in [6.07, 6.45) is 5.67. The average molecular weight is 273 g/mol. The fraction of sp³-hybridized carbons (Fsp3) is 0.556. The highest BCUT2D eigenvalue weighted by Crippen LogP contribution is 2.33. The molecule has 2 heteroatoms. The van der Waals surface area contributed by atoms with Gasteiger partial charge in [0, 0.05) is 5.56 Å². The molecule has 20 heavy (non-hydrogen) atoms. The van der Waals surface area contributed by atoms with Crippen molar-refractivity contribution < 1.29 is 4.74 Å². The van der Waals surface area contributed by atoms with Gasteiger partial charge in [0.05, 0.1) is 6.61 Å². The first-order chi connectivity index (χ1) is 9.68. The van der Waals surface area contributed by atoms with Gasteiger partial charge in [-0.3, -0.25) is 0 Å². The Bertz CT molecular complexity index is 462. The number of para-hydroxylation sites is 1. The molecule has 0 saturated heterocycles. The molecule has 0 aromatic heterocycles. The van der Waals surface area contributed by atoms with Crippen LogP contribution in [0.1, 0.15) is 44.7 Å². The number of nitrogens with one attached hydrogen (secondary N) is 1. The SMILES string of the molecule is C/C(=C/CCNCC(C)C)c1cccc2c1OCCC2. The van der Waals surface area contributed by atoms with Gasteiger partial charge in [0.15, 0.2) is 0 Å². The Balaban J connectivity index is 1.96. The van der Waals surface area contributed by atoms with Crippen molar-refractivity contribution in [2.75, 3.05) is 19.7 Å². The second-order valence-electron chi connectivity index (χ2n) is 6.02. The topological polar surface area (TPSA) is 21.3 Å². The maximum Gasteiger partial charge on any atom is 0.129 e. The van der Waals surface area contributed by atoms with E-state index in [1.807, 2.05) is 0 Å². The predicted molar refractivity (Wildman–Crippen MR) is 86.2 cm³/mol. The van der Waals surface area contributed by atoms with Crippen molar-refractivity contribution in [1.82, 2.24) is 5.32 Å². The van der Waals surface area contributed by atoms with E-state index < -0.39 is 0 Å². The first kappa shape index (κ1) is 15.1. The molecule has 1 heterocycles. The molecule has 0 amide bonds. The second kappa shape index (κ2) is 7.49. The Hall–Kier alpha value is -1.28. The molecule has 0 bridgehead atoms. The van der Waals surface area contributed by atoms with Crippen LogP contribution in [0.2, 0.25) is 0 Å². The zero-order chi connectivity index (χ0) is 14.4. The molecule has 0 saturated carbocycles. The predicted octanol–water partition coefficient (Wildman–Crippen LogP) is 4.05. The molecule has 0 spiro atoms. The summed E-state index contributed by atoms with van der Waals surface area (Å²) in [6, 6.07) is 6.52. The fourth-order valence-corrected chi connectivity index (χ4v) is 2.59. The lowest BCUT2D eigenvalue weighted by Crippen LogP contribution is -2.20. The average Bonchev–Trinajstić information content (AvgIpc) is 2.45. The summed E-state index contributed by atoms with van der Waals surface area (Å²) >= 11 is 0. The van der Waals surface area contributed by atoms with Crippen molar-refractivity contribution in [1.29, 1.82) is 0 Å². The van der Waals surface area contributed by atoms with E-state index in [0.717, 1.165) is 50.6 Å². The van der Waals surface area contributed by atoms with Gasteiger partial charge in [0.25, 0.3) is 0 Å². The third-order valence-corrected chi connectivity index (χ3v) is 3.68. The minimum atomic E-state index is 0.717. The van der Waals surface area contributed by atoms with Crippen molar-refractivity contribution in [3.05, 3.63) is 35.4 Å². The van der Waals surface area contributed by atoms with E-state index in [0.29, 0.717) is 0 Å². The smallest absolute Gasteiger partial charge is 0.129 e. The van der Waals surface area contributed by atoms with Gasteiger partial charge in [0.1, 0.15) is 5.75 Å². The molecule has 2 rings (SSSR count). The maximum absolute atomic E-state index is 5.88. The van der Waals surface area contributed by atoms with Crippen LogP contribution < -0.4 is 10.1 Å². The zero-order valence-electron chi connectivity index (χ0n) is 13.0. The van der Waals surface area contributed by atoms with Crippen LogP contribution in [-0.2, 0) is 6.42 Å². The molecule has 110 valence electrons. The summed E-state index contributed by atoms with van der Waals surface area (Å²) in [4.78, 5) is 0. The molecule has 1 aromatic rings. The van der Waals surface area contributed by atoms with Crippen molar-refractivity contribution >= 4 is 5.57 Å². The number of fused-ring (bicyclic) bond motifs is 1. The van der Waals surface area contributed by atoms with Gasteiger partial charge in [-0.15, -0.1) is 0 Å². The first-order valence-electron chi connectivity index (χ1n) is 7.81. The Morgan fingerprint density at radius 2 is 2.25 bits per heavy atom. The monoisotopic (exact) mass is 273 g/mol. The van der Waals surface area contributed by atoms with Crippen LogP contribution in [0.4, 0.5) is 0 Å². The minimum Gasteiger partial charge on any atom is -0.493 e. The highest BCUT2D eigenvalue weighted by Gasteiger charge is 2.14. The summed E-state index contributed by atoms with van der Waals surface area (Å²) in [5, 5.41) is 3.48. The van der Waals surface area contributed by atoms with E-state index >= 15 is 0 Å². The van der Waals surface area contributed by atoms with Gasteiger partial charge in [-0.05, 0) is 56.3 Å². The number of allylic oxidation sites excluding steroid dienone is 1. The molecule has 1 aliphatic rings. The normalized spacial score (nSPS) is 15.1. The lowest BCUT2D eigenvalue weighted by Gasteiger charge is -2.20. The van der Waals surface area contributed by atoms with Crippen LogP contribution in [0.15, 0.2) is 24.3 Å². The quantitative estimate of drug-likeness (QED) is 0.789. The number of rotatable bonds is 6. The molecule has 0 unspecified atom stereocenters. The lowest BCUT2D eigenvalue weighted by atomic mass is 9.98. The van der Waals surface area contributed by atoms with E-state index in [2.05, 4.69) is 50.4 Å². The second-order valence-corrected chi connectivity index (χ2v) is 6.02. The van der Waals surface area contributed by atoms with Gasteiger partial charge in [-0.2, -0.15) is 0 Å². The van der Waals surface area contributed by atoms with Gasteiger partial charge >= 0.3 is 0 Å². The molecule has 1 N–H and O–H groups in total. The van der Waals surface area contributed by atoms with E-state index in [-0.39, 0.29) is 0 Å². The summed E-state index contributed by atoms with van der Waals surface area (Å²) < 4.78 is 5.88. The Kier molecular flexibility index (Phi) is 5.66. The van der Waals surface area contributed by atoms with E-state index in [1.54, 1.807) is 0 Å². The van der Waals surface area contributed by atoms with Crippen LogP contribution in [0, 0.1) is 5.92 Å². The molecule has 1 aliphatic heterocycles. The van der Waals surface area contributed by atoms with E-state index in [4.69, 9.17) is 4.74 Å². The third kappa shape index (κ3) is 4.11. The van der Waals surface area contributed by atoms with Crippen molar-refractivity contribution in [3.8, 4) is 5.75 Å².